The first-order valence-corrected chi connectivity index (χ1v) is 7.12. The minimum atomic E-state index is -0.398. The molecule has 0 aliphatic heterocycles. The average molecular weight is 322 g/mol. The second-order valence-electron chi connectivity index (χ2n) is 4.43. The number of benzene rings is 1. The number of carbonyl (C=O) groups excluding carboxylic acids is 1. The number of pyridine rings is 1. The molecule has 3 nitrogen and oxygen atoms in total. The van der Waals surface area contributed by atoms with E-state index in [4.69, 9.17) is 4.74 Å². The van der Waals surface area contributed by atoms with E-state index in [1.54, 1.807) is 6.20 Å². The topological polar surface area (TPSA) is 39.2 Å². The number of nitrogens with zero attached hydrogens (tertiary/aromatic N) is 1. The van der Waals surface area contributed by atoms with E-state index in [9.17, 15) is 4.79 Å². The van der Waals surface area contributed by atoms with Crippen molar-refractivity contribution in [2.45, 2.75) is 26.2 Å². The van der Waals surface area contributed by atoms with Gasteiger partial charge in [0.05, 0.1) is 7.11 Å². The number of aromatic nitrogens is 1. The fraction of sp³-hybridized carbons (Fsp3) is 0.333. The molecule has 0 atom stereocenters. The summed E-state index contributed by atoms with van der Waals surface area (Å²) in [7, 11) is 1.37. The number of hydrogen-bond donors (Lipinski definition) is 0. The number of methoxy groups -OCH3 is 1. The predicted molar refractivity (Wildman–Crippen MR) is 79.4 cm³/mol. The highest BCUT2D eigenvalue weighted by molar-refractivity contribution is 9.10. The number of rotatable bonds is 4. The van der Waals surface area contributed by atoms with Crippen molar-refractivity contribution in [1.29, 1.82) is 0 Å². The zero-order chi connectivity index (χ0) is 13.8. The zero-order valence-corrected chi connectivity index (χ0v) is 12.7. The maximum atomic E-state index is 11.8. The Hall–Kier alpha value is -1.42. The fourth-order valence-electron chi connectivity index (χ4n) is 2.05. The fourth-order valence-corrected chi connectivity index (χ4v) is 2.50. The maximum Gasteiger partial charge on any atom is 0.357 e. The molecule has 2 aromatic rings. The van der Waals surface area contributed by atoms with Crippen LogP contribution in [0.1, 0.15) is 35.8 Å². The van der Waals surface area contributed by atoms with Crippen LogP contribution in [0.3, 0.4) is 0 Å². The van der Waals surface area contributed by atoms with E-state index < -0.39 is 5.97 Å². The monoisotopic (exact) mass is 321 g/mol. The highest BCUT2D eigenvalue weighted by Crippen LogP contribution is 2.27. The van der Waals surface area contributed by atoms with Gasteiger partial charge in [-0.15, -0.1) is 0 Å². The molecule has 0 N–H and O–H groups in total. The first-order chi connectivity index (χ1) is 9.17. The molecule has 0 spiro atoms. The third-order valence-electron chi connectivity index (χ3n) is 3.10. The summed E-state index contributed by atoms with van der Waals surface area (Å²) in [5.74, 6) is -0.398. The molecule has 0 saturated heterocycles. The van der Waals surface area contributed by atoms with Crippen LogP contribution in [0.25, 0.3) is 10.8 Å². The molecule has 0 amide bonds. The predicted octanol–water partition coefficient (Wildman–Crippen LogP) is 4.13. The molecule has 1 heterocycles. The van der Waals surface area contributed by atoms with Gasteiger partial charge in [-0.2, -0.15) is 0 Å². The third kappa shape index (κ3) is 2.95. The molecule has 0 radical (unpaired) electrons. The first kappa shape index (κ1) is 14.0. The largest absolute Gasteiger partial charge is 0.464 e. The van der Waals surface area contributed by atoms with E-state index >= 15 is 0 Å². The Morgan fingerprint density at radius 2 is 2.16 bits per heavy atom. The lowest BCUT2D eigenvalue weighted by Gasteiger charge is -2.08. The van der Waals surface area contributed by atoms with E-state index in [0.717, 1.165) is 34.5 Å². The normalized spacial score (nSPS) is 10.7. The number of ether oxygens (including phenoxy) is 1. The van der Waals surface area contributed by atoms with E-state index in [-0.39, 0.29) is 0 Å². The second-order valence-corrected chi connectivity index (χ2v) is 5.28. The quantitative estimate of drug-likeness (QED) is 0.795. The highest BCUT2D eigenvalue weighted by atomic mass is 79.9. The molecule has 1 aromatic heterocycles. The summed E-state index contributed by atoms with van der Waals surface area (Å²) in [6.45, 7) is 2.17. The lowest BCUT2D eigenvalue weighted by atomic mass is 10.0. The Bertz CT molecular complexity index is 610. The number of halogens is 1. The van der Waals surface area contributed by atoms with Crippen molar-refractivity contribution in [1.82, 2.24) is 4.98 Å². The summed E-state index contributed by atoms with van der Waals surface area (Å²) in [4.78, 5) is 15.9. The number of aryl methyl sites for hydroxylation is 1. The van der Waals surface area contributed by atoms with E-state index in [1.165, 1.54) is 12.7 Å². The molecular formula is C15H16BrNO2. The maximum absolute atomic E-state index is 11.8. The van der Waals surface area contributed by atoms with Gasteiger partial charge in [0.25, 0.3) is 0 Å². The minimum Gasteiger partial charge on any atom is -0.464 e. The van der Waals surface area contributed by atoms with Crippen molar-refractivity contribution >= 4 is 32.7 Å². The Kier molecular flexibility index (Phi) is 4.53. The Morgan fingerprint density at radius 3 is 2.84 bits per heavy atom. The second kappa shape index (κ2) is 6.15. The van der Waals surface area contributed by atoms with Gasteiger partial charge >= 0.3 is 5.97 Å². The van der Waals surface area contributed by atoms with E-state index in [2.05, 4.69) is 33.9 Å². The first-order valence-electron chi connectivity index (χ1n) is 6.32. The van der Waals surface area contributed by atoms with Crippen LogP contribution in [0.2, 0.25) is 0 Å². The molecule has 0 aliphatic carbocycles. The van der Waals surface area contributed by atoms with Gasteiger partial charge in [-0.05, 0) is 45.8 Å². The van der Waals surface area contributed by atoms with E-state index in [0.29, 0.717) is 5.69 Å². The van der Waals surface area contributed by atoms with Gasteiger partial charge < -0.3 is 4.74 Å². The zero-order valence-electron chi connectivity index (χ0n) is 11.1. The van der Waals surface area contributed by atoms with Crippen molar-refractivity contribution in [3.8, 4) is 0 Å². The molecule has 0 aliphatic rings. The summed E-state index contributed by atoms with van der Waals surface area (Å²) in [6.07, 6.45) is 4.94. The SMILES string of the molecule is CCCCc1ccc2c(Br)cnc(C(=O)OC)c2c1. The minimum absolute atomic E-state index is 0.374. The molecule has 100 valence electrons. The molecule has 2 rings (SSSR count). The highest BCUT2D eigenvalue weighted by Gasteiger charge is 2.14. The van der Waals surface area contributed by atoms with Crippen molar-refractivity contribution < 1.29 is 9.53 Å². The van der Waals surface area contributed by atoms with Crippen LogP contribution in [0, 0.1) is 0 Å². The van der Waals surface area contributed by atoms with Gasteiger partial charge in [0.15, 0.2) is 5.69 Å². The van der Waals surface area contributed by atoms with Crippen LogP contribution in [0.15, 0.2) is 28.9 Å². The van der Waals surface area contributed by atoms with Gasteiger partial charge in [-0.1, -0.05) is 25.5 Å². The van der Waals surface area contributed by atoms with Crippen molar-refractivity contribution in [2.24, 2.45) is 0 Å². The lowest BCUT2D eigenvalue weighted by Crippen LogP contribution is -2.05. The van der Waals surface area contributed by atoms with Crippen molar-refractivity contribution in [3.05, 3.63) is 40.1 Å². The van der Waals surface area contributed by atoms with Crippen LogP contribution in [-0.4, -0.2) is 18.1 Å². The third-order valence-corrected chi connectivity index (χ3v) is 3.73. The van der Waals surface area contributed by atoms with Crippen LogP contribution in [0.4, 0.5) is 0 Å². The number of carbonyl (C=O) groups is 1. The molecule has 0 bridgehead atoms. The Morgan fingerprint density at radius 1 is 1.37 bits per heavy atom. The van der Waals surface area contributed by atoms with Gasteiger partial charge in [0.1, 0.15) is 0 Å². The van der Waals surface area contributed by atoms with Crippen LogP contribution in [0.5, 0.6) is 0 Å². The molecule has 4 heteroatoms. The number of fused-ring (bicyclic) bond motifs is 1. The molecular weight excluding hydrogens is 306 g/mol. The van der Waals surface area contributed by atoms with Gasteiger partial charge in [0.2, 0.25) is 0 Å². The summed E-state index contributed by atoms with van der Waals surface area (Å²) >= 11 is 3.46. The molecule has 1 aromatic carbocycles. The van der Waals surface area contributed by atoms with Crippen molar-refractivity contribution in [2.75, 3.05) is 7.11 Å². The lowest BCUT2D eigenvalue weighted by molar-refractivity contribution is 0.0596. The van der Waals surface area contributed by atoms with Gasteiger partial charge in [-0.3, -0.25) is 0 Å². The van der Waals surface area contributed by atoms with Gasteiger partial charge in [0, 0.05) is 16.1 Å². The summed E-state index contributed by atoms with van der Waals surface area (Å²) in [6, 6.07) is 6.16. The van der Waals surface area contributed by atoms with Crippen molar-refractivity contribution in [3.63, 3.8) is 0 Å². The standard InChI is InChI=1S/C15H16BrNO2/c1-3-4-5-10-6-7-11-12(8-10)14(15(18)19-2)17-9-13(11)16/h6-9H,3-5H2,1-2H3. The molecule has 19 heavy (non-hydrogen) atoms. The summed E-state index contributed by atoms with van der Waals surface area (Å²) < 4.78 is 5.67. The Labute approximate surface area is 121 Å². The van der Waals surface area contributed by atoms with Gasteiger partial charge in [-0.25, -0.2) is 9.78 Å². The number of esters is 1. The van der Waals surface area contributed by atoms with Crippen LogP contribution >= 0.6 is 15.9 Å². The van der Waals surface area contributed by atoms with Crippen LogP contribution < -0.4 is 0 Å². The Balaban J connectivity index is 2.56. The summed E-state index contributed by atoms with van der Waals surface area (Å²) in [5.41, 5.74) is 1.60. The molecule has 0 unspecified atom stereocenters. The molecule has 0 saturated carbocycles. The number of hydrogen-bond acceptors (Lipinski definition) is 3. The van der Waals surface area contributed by atoms with Crippen LogP contribution in [-0.2, 0) is 11.2 Å². The summed E-state index contributed by atoms with van der Waals surface area (Å²) in [5, 5.41) is 1.82. The smallest absolute Gasteiger partial charge is 0.357 e. The van der Waals surface area contributed by atoms with E-state index in [1.807, 2.05) is 12.1 Å². The average Bonchev–Trinajstić information content (AvgIpc) is 2.44. The number of unbranched alkanes of at least 4 members (excludes halogenated alkanes) is 1. The molecule has 0 fully saturated rings.